The van der Waals surface area contributed by atoms with Crippen molar-refractivity contribution in [3.8, 4) is 22.8 Å². The molecule has 34 heavy (non-hydrogen) atoms. The van der Waals surface area contributed by atoms with Gasteiger partial charge in [0, 0.05) is 36.2 Å². The van der Waals surface area contributed by atoms with Gasteiger partial charge in [-0.3, -0.25) is 14.3 Å². The molecular weight excluding hydrogens is 474 g/mol. The lowest BCUT2D eigenvalue weighted by Gasteiger charge is -2.26. The zero-order valence-corrected chi connectivity index (χ0v) is 20.8. The second kappa shape index (κ2) is 10.6. The molecule has 3 heterocycles. The van der Waals surface area contributed by atoms with Crippen molar-refractivity contribution in [3.05, 3.63) is 48.8 Å². The van der Waals surface area contributed by atoms with E-state index in [1.165, 1.54) is 11.8 Å². The molecular formula is C23H27N5O4S2. The van der Waals surface area contributed by atoms with Gasteiger partial charge in [-0.1, -0.05) is 11.8 Å². The van der Waals surface area contributed by atoms with Crippen molar-refractivity contribution in [2.24, 2.45) is 0 Å². The minimum atomic E-state index is -3.07. The standard InChI is InChI=1S/C23H27N5O4S2/c1-3-27(19-11-13-34(30,31)16-19)21(29)15-33-23-26-25-22(17-6-5-12-24-14-17)28(23)18-7-9-20(10-8-18)32-4-2/h5-10,12,14,19H,3-4,11,13,15-16H2,1-2H3/t19-/m0/s1. The van der Waals surface area contributed by atoms with Crippen molar-refractivity contribution in [2.75, 3.05) is 30.4 Å². The molecule has 0 unspecified atom stereocenters. The highest BCUT2D eigenvalue weighted by Gasteiger charge is 2.34. The summed E-state index contributed by atoms with van der Waals surface area (Å²) in [6, 6.07) is 11.1. The molecule has 1 fully saturated rings. The maximum absolute atomic E-state index is 13.0. The molecule has 3 aromatic rings. The van der Waals surface area contributed by atoms with E-state index in [1.807, 2.05) is 54.8 Å². The van der Waals surface area contributed by atoms with Crippen LogP contribution < -0.4 is 4.74 Å². The average Bonchev–Trinajstić information content (AvgIpc) is 3.42. The molecule has 1 amide bonds. The number of ether oxygens (including phenoxy) is 1. The lowest BCUT2D eigenvalue weighted by atomic mass is 10.2. The number of sulfone groups is 1. The topological polar surface area (TPSA) is 107 Å². The quantitative estimate of drug-likeness (QED) is 0.412. The smallest absolute Gasteiger partial charge is 0.233 e. The molecule has 11 heteroatoms. The number of hydrogen-bond donors (Lipinski definition) is 0. The van der Waals surface area contributed by atoms with Crippen LogP contribution in [-0.2, 0) is 14.6 Å². The number of carbonyl (C=O) groups excluding carboxylic acids is 1. The van der Waals surface area contributed by atoms with E-state index in [2.05, 4.69) is 15.2 Å². The third kappa shape index (κ3) is 5.41. The van der Waals surface area contributed by atoms with Gasteiger partial charge in [0.2, 0.25) is 5.91 Å². The lowest BCUT2D eigenvalue weighted by molar-refractivity contribution is -0.129. The van der Waals surface area contributed by atoms with Crippen molar-refractivity contribution in [1.82, 2.24) is 24.6 Å². The highest BCUT2D eigenvalue weighted by atomic mass is 32.2. The van der Waals surface area contributed by atoms with Crippen LogP contribution in [0.1, 0.15) is 20.3 Å². The zero-order chi connectivity index (χ0) is 24.1. The lowest BCUT2D eigenvalue weighted by Crippen LogP contribution is -2.42. The molecule has 4 rings (SSSR count). The fourth-order valence-electron chi connectivity index (χ4n) is 4.00. The van der Waals surface area contributed by atoms with Gasteiger partial charge in [0.1, 0.15) is 5.75 Å². The first kappa shape index (κ1) is 24.2. The number of rotatable bonds is 9. The second-order valence-electron chi connectivity index (χ2n) is 7.84. The predicted molar refractivity (Wildman–Crippen MR) is 131 cm³/mol. The SMILES string of the molecule is CCOc1ccc(-n2c(SCC(=O)N(CC)[C@H]3CCS(=O)(=O)C3)nnc2-c2cccnc2)cc1. The summed E-state index contributed by atoms with van der Waals surface area (Å²) in [5.41, 5.74) is 1.63. The highest BCUT2D eigenvalue weighted by molar-refractivity contribution is 7.99. The van der Waals surface area contributed by atoms with E-state index in [1.54, 1.807) is 17.3 Å². The molecule has 1 atom stereocenters. The first-order valence-electron chi connectivity index (χ1n) is 11.1. The Morgan fingerprint density at radius 1 is 1.21 bits per heavy atom. The van der Waals surface area contributed by atoms with E-state index >= 15 is 0 Å². The molecule has 1 aliphatic rings. The Morgan fingerprint density at radius 3 is 2.62 bits per heavy atom. The Balaban J connectivity index is 1.59. The van der Waals surface area contributed by atoms with Gasteiger partial charge in [-0.05, 0) is 56.7 Å². The van der Waals surface area contributed by atoms with Gasteiger partial charge in [0.05, 0.1) is 23.9 Å². The Morgan fingerprint density at radius 2 is 2.00 bits per heavy atom. The summed E-state index contributed by atoms with van der Waals surface area (Å²) in [6.07, 6.45) is 3.89. The van der Waals surface area contributed by atoms with Gasteiger partial charge in [0.15, 0.2) is 20.8 Å². The third-order valence-corrected chi connectivity index (χ3v) is 8.26. The van der Waals surface area contributed by atoms with Crippen LogP contribution in [0.3, 0.4) is 0 Å². The van der Waals surface area contributed by atoms with E-state index in [0.29, 0.717) is 30.6 Å². The van der Waals surface area contributed by atoms with Crippen LogP contribution >= 0.6 is 11.8 Å². The van der Waals surface area contributed by atoms with E-state index in [9.17, 15) is 13.2 Å². The predicted octanol–water partition coefficient (Wildman–Crippen LogP) is 2.86. The second-order valence-corrected chi connectivity index (χ2v) is 11.0. The first-order chi connectivity index (χ1) is 16.4. The molecule has 1 aromatic carbocycles. The minimum absolute atomic E-state index is 0.0325. The number of pyridine rings is 1. The third-order valence-electron chi connectivity index (χ3n) is 5.59. The number of carbonyl (C=O) groups is 1. The summed E-state index contributed by atoms with van der Waals surface area (Å²) >= 11 is 1.28. The van der Waals surface area contributed by atoms with Crippen molar-refractivity contribution in [1.29, 1.82) is 0 Å². The summed E-state index contributed by atoms with van der Waals surface area (Å²) in [5, 5.41) is 9.29. The fraction of sp³-hybridized carbons (Fsp3) is 0.391. The zero-order valence-electron chi connectivity index (χ0n) is 19.1. The number of amides is 1. The Kier molecular flexibility index (Phi) is 7.52. The van der Waals surface area contributed by atoms with E-state index in [-0.39, 0.29) is 29.2 Å². The van der Waals surface area contributed by atoms with Gasteiger partial charge in [-0.25, -0.2) is 8.42 Å². The van der Waals surface area contributed by atoms with Crippen LogP contribution in [0, 0.1) is 0 Å². The van der Waals surface area contributed by atoms with E-state index < -0.39 is 9.84 Å². The van der Waals surface area contributed by atoms with E-state index in [0.717, 1.165) is 17.0 Å². The van der Waals surface area contributed by atoms with E-state index in [4.69, 9.17) is 4.74 Å². The molecule has 1 saturated heterocycles. The summed E-state index contributed by atoms with van der Waals surface area (Å²) in [7, 11) is -3.07. The molecule has 0 spiro atoms. The van der Waals surface area contributed by atoms with Gasteiger partial charge < -0.3 is 9.64 Å². The Hall–Kier alpha value is -2.92. The summed E-state index contributed by atoms with van der Waals surface area (Å²) in [4.78, 5) is 18.9. The van der Waals surface area contributed by atoms with Gasteiger partial charge in [0.25, 0.3) is 0 Å². The largest absolute Gasteiger partial charge is 0.494 e. The van der Waals surface area contributed by atoms with Crippen molar-refractivity contribution < 1.29 is 17.9 Å². The number of hydrogen-bond acceptors (Lipinski definition) is 8. The molecule has 0 saturated carbocycles. The summed E-state index contributed by atoms with van der Waals surface area (Å²) < 4.78 is 31.2. The Labute approximate surface area is 203 Å². The van der Waals surface area contributed by atoms with Crippen LogP contribution in [0.25, 0.3) is 17.1 Å². The highest BCUT2D eigenvalue weighted by Crippen LogP contribution is 2.29. The van der Waals surface area contributed by atoms with Crippen molar-refractivity contribution in [3.63, 3.8) is 0 Å². The first-order valence-corrected chi connectivity index (χ1v) is 13.9. The maximum Gasteiger partial charge on any atom is 0.233 e. The average molecular weight is 502 g/mol. The molecule has 180 valence electrons. The van der Waals surface area contributed by atoms with Crippen LogP contribution in [0.2, 0.25) is 0 Å². The fourth-order valence-corrected chi connectivity index (χ4v) is 6.57. The van der Waals surface area contributed by atoms with Crippen molar-refractivity contribution >= 4 is 27.5 Å². The molecule has 0 aliphatic carbocycles. The van der Waals surface area contributed by atoms with Crippen LogP contribution in [-0.4, -0.2) is 75.4 Å². The van der Waals surface area contributed by atoms with Crippen LogP contribution in [0.4, 0.5) is 0 Å². The molecule has 0 radical (unpaired) electrons. The maximum atomic E-state index is 13.0. The minimum Gasteiger partial charge on any atom is -0.494 e. The molecule has 0 N–H and O–H groups in total. The number of thioether (sulfide) groups is 1. The van der Waals surface area contributed by atoms with Crippen molar-refractivity contribution in [2.45, 2.75) is 31.5 Å². The van der Waals surface area contributed by atoms with Crippen LogP contribution in [0.15, 0.2) is 53.9 Å². The Bertz CT molecular complexity index is 1230. The van der Waals surface area contributed by atoms with Gasteiger partial charge in [-0.2, -0.15) is 0 Å². The normalized spacial score (nSPS) is 16.9. The van der Waals surface area contributed by atoms with Crippen LogP contribution in [0.5, 0.6) is 5.75 Å². The van der Waals surface area contributed by atoms with Gasteiger partial charge in [-0.15, -0.1) is 10.2 Å². The summed E-state index contributed by atoms with van der Waals surface area (Å²) in [5.74, 6) is 1.56. The number of benzene rings is 1. The molecule has 1 aliphatic heterocycles. The summed E-state index contributed by atoms with van der Waals surface area (Å²) in [6.45, 7) is 4.84. The monoisotopic (exact) mass is 501 g/mol. The molecule has 0 bridgehead atoms. The number of nitrogens with zero attached hydrogens (tertiary/aromatic N) is 5. The van der Waals surface area contributed by atoms with Gasteiger partial charge >= 0.3 is 0 Å². The number of aromatic nitrogens is 4. The molecule has 2 aromatic heterocycles. The molecule has 9 nitrogen and oxygen atoms in total.